The van der Waals surface area contributed by atoms with Crippen molar-refractivity contribution >= 4 is 66.0 Å². The molecule has 0 aliphatic carbocycles. The topological polar surface area (TPSA) is 44.5 Å². The fraction of sp³-hybridized carbons (Fsp3) is 0.207. The van der Waals surface area contributed by atoms with Gasteiger partial charge in [0, 0.05) is 31.1 Å². The molecule has 0 radical (unpaired) electrons. The number of hydrogen-bond acceptors (Lipinski definition) is 5. The van der Waals surface area contributed by atoms with Crippen molar-refractivity contribution < 1.29 is 13.7 Å². The molecule has 0 saturated carbocycles. The summed E-state index contributed by atoms with van der Waals surface area (Å²) < 4.78 is 21.6. The molecule has 172 valence electrons. The molecule has 1 fully saturated rings. The van der Waals surface area contributed by atoms with E-state index in [1.807, 2.05) is 18.2 Å². The summed E-state index contributed by atoms with van der Waals surface area (Å²) in [6.07, 6.45) is 0. The molecule has 7 rings (SSSR count). The molecule has 4 aromatic carbocycles. The second kappa shape index (κ2) is 7.17. The molecule has 0 bridgehead atoms. The fourth-order valence-electron chi connectivity index (χ4n) is 4.93. The predicted octanol–water partition coefficient (Wildman–Crippen LogP) is 7.32. The zero-order valence-corrected chi connectivity index (χ0v) is 20.9. The molecule has 0 atom stereocenters. The molecule has 35 heavy (non-hydrogen) atoms. The first kappa shape index (κ1) is 21.1. The van der Waals surface area contributed by atoms with E-state index in [-0.39, 0.29) is 0 Å². The van der Waals surface area contributed by atoms with Gasteiger partial charge in [0.05, 0.1) is 11.2 Å². The van der Waals surface area contributed by atoms with E-state index < -0.39 is 18.3 Å². The van der Waals surface area contributed by atoms with Crippen LogP contribution in [0.5, 0.6) is 0 Å². The molecule has 1 aliphatic rings. The van der Waals surface area contributed by atoms with E-state index in [0.29, 0.717) is 5.89 Å². The first-order valence-electron chi connectivity index (χ1n) is 11.9. The molecule has 0 N–H and O–H groups in total. The van der Waals surface area contributed by atoms with Gasteiger partial charge in [0.1, 0.15) is 5.52 Å². The molecule has 0 spiro atoms. The van der Waals surface area contributed by atoms with Gasteiger partial charge in [-0.15, -0.1) is 11.3 Å². The Morgan fingerprint density at radius 3 is 2.40 bits per heavy atom. The highest BCUT2D eigenvalue weighted by Crippen LogP contribution is 2.40. The van der Waals surface area contributed by atoms with Crippen molar-refractivity contribution in [1.82, 2.24) is 4.98 Å². The van der Waals surface area contributed by atoms with E-state index in [1.54, 1.807) is 11.3 Å². The first-order valence-corrected chi connectivity index (χ1v) is 12.7. The largest absolute Gasteiger partial charge is 0.495 e. The molecule has 6 heteroatoms. The monoisotopic (exact) mass is 477 g/mol. The molecular formula is C29H24BNO3S. The van der Waals surface area contributed by atoms with Crippen molar-refractivity contribution in [3.05, 3.63) is 72.8 Å². The van der Waals surface area contributed by atoms with Gasteiger partial charge in [0.25, 0.3) is 0 Å². The number of rotatable bonds is 2. The van der Waals surface area contributed by atoms with Crippen LogP contribution < -0.4 is 5.46 Å². The van der Waals surface area contributed by atoms with Crippen LogP contribution in [-0.4, -0.2) is 23.3 Å². The summed E-state index contributed by atoms with van der Waals surface area (Å²) >= 11 is 1.78. The van der Waals surface area contributed by atoms with E-state index >= 15 is 0 Å². The van der Waals surface area contributed by atoms with Gasteiger partial charge < -0.3 is 13.7 Å². The Hall–Kier alpha value is -3.19. The van der Waals surface area contributed by atoms with Crippen LogP contribution in [0.15, 0.2) is 77.2 Å². The lowest BCUT2D eigenvalue weighted by molar-refractivity contribution is 0.00578. The molecule has 1 saturated heterocycles. The maximum absolute atomic E-state index is 6.42. The normalized spacial score (nSPS) is 17.3. The Labute approximate surface area is 207 Å². The average molecular weight is 477 g/mol. The van der Waals surface area contributed by atoms with Crippen LogP contribution in [0.2, 0.25) is 0 Å². The summed E-state index contributed by atoms with van der Waals surface area (Å²) in [6.45, 7) is 8.36. The maximum atomic E-state index is 6.42. The number of thiophene rings is 1. The summed E-state index contributed by atoms with van der Waals surface area (Å²) in [5.41, 5.74) is 2.93. The van der Waals surface area contributed by atoms with Gasteiger partial charge in [0.15, 0.2) is 5.58 Å². The minimum Gasteiger partial charge on any atom is -0.435 e. The van der Waals surface area contributed by atoms with Crippen molar-refractivity contribution in [2.75, 3.05) is 0 Å². The summed E-state index contributed by atoms with van der Waals surface area (Å²) in [4.78, 5) is 4.83. The van der Waals surface area contributed by atoms with Crippen molar-refractivity contribution in [3.8, 4) is 11.5 Å². The summed E-state index contributed by atoms with van der Waals surface area (Å²) in [5.74, 6) is 0.630. The molecule has 4 nitrogen and oxygen atoms in total. The lowest BCUT2D eigenvalue weighted by atomic mass is 9.76. The van der Waals surface area contributed by atoms with E-state index in [2.05, 4.69) is 82.3 Å². The van der Waals surface area contributed by atoms with E-state index in [9.17, 15) is 0 Å². The Kier molecular flexibility index (Phi) is 4.33. The predicted molar refractivity (Wildman–Crippen MR) is 146 cm³/mol. The van der Waals surface area contributed by atoms with Crippen LogP contribution >= 0.6 is 11.3 Å². The van der Waals surface area contributed by atoms with Gasteiger partial charge in [-0.05, 0) is 68.9 Å². The number of aromatic nitrogens is 1. The Balaban J connectivity index is 1.41. The number of fused-ring (bicyclic) bond motifs is 6. The lowest BCUT2D eigenvalue weighted by Gasteiger charge is -2.32. The second-order valence-corrected chi connectivity index (χ2v) is 11.4. The third-order valence-electron chi connectivity index (χ3n) is 7.56. The van der Waals surface area contributed by atoms with Crippen molar-refractivity contribution in [3.63, 3.8) is 0 Å². The second-order valence-electron chi connectivity index (χ2n) is 10.3. The number of hydrogen-bond donors (Lipinski definition) is 0. The molecular weight excluding hydrogens is 453 g/mol. The van der Waals surface area contributed by atoms with Gasteiger partial charge in [-0.3, -0.25) is 0 Å². The van der Waals surface area contributed by atoms with Crippen LogP contribution in [0.3, 0.4) is 0 Å². The van der Waals surface area contributed by atoms with Crippen LogP contribution in [0.1, 0.15) is 27.7 Å². The van der Waals surface area contributed by atoms with E-state index in [0.717, 1.165) is 32.9 Å². The van der Waals surface area contributed by atoms with Crippen LogP contribution in [0, 0.1) is 0 Å². The zero-order chi connectivity index (χ0) is 23.9. The molecule has 2 aromatic heterocycles. The average Bonchev–Trinajstić information content (AvgIpc) is 3.50. The van der Waals surface area contributed by atoms with Crippen molar-refractivity contribution in [1.29, 1.82) is 0 Å². The first-order chi connectivity index (χ1) is 16.8. The van der Waals surface area contributed by atoms with Crippen LogP contribution in [0.25, 0.3) is 53.5 Å². The summed E-state index contributed by atoms with van der Waals surface area (Å²) in [5, 5.41) is 4.57. The van der Waals surface area contributed by atoms with Crippen molar-refractivity contribution in [2.45, 2.75) is 38.9 Å². The standard InChI is InChI=1S/C29H24BNO3S/c1-28(2)29(3,4)34-30(33-28)21-10-7-11-24-25(21)20-16-18(13-15-23(20)35-24)27-31-22-14-12-17-8-5-6-9-19(17)26(22)32-27/h5-16H,1-4H3. The van der Waals surface area contributed by atoms with Gasteiger partial charge in [-0.1, -0.05) is 42.5 Å². The smallest absolute Gasteiger partial charge is 0.435 e. The quantitative estimate of drug-likeness (QED) is 0.245. The van der Waals surface area contributed by atoms with Crippen LogP contribution in [-0.2, 0) is 9.31 Å². The molecule has 1 aliphatic heterocycles. The molecule has 6 aromatic rings. The lowest BCUT2D eigenvalue weighted by Crippen LogP contribution is -2.41. The van der Waals surface area contributed by atoms with Crippen LogP contribution in [0.4, 0.5) is 0 Å². The van der Waals surface area contributed by atoms with Gasteiger partial charge in [-0.25, -0.2) is 4.98 Å². The number of oxazole rings is 1. The van der Waals surface area contributed by atoms with Crippen molar-refractivity contribution in [2.24, 2.45) is 0 Å². The Morgan fingerprint density at radius 1 is 0.771 bits per heavy atom. The summed E-state index contributed by atoms with van der Waals surface area (Å²) in [6, 6.07) is 25.2. The van der Waals surface area contributed by atoms with Gasteiger partial charge in [0.2, 0.25) is 5.89 Å². The third kappa shape index (κ3) is 3.10. The highest BCUT2D eigenvalue weighted by Gasteiger charge is 2.52. The summed E-state index contributed by atoms with van der Waals surface area (Å²) in [7, 11) is -0.416. The minimum absolute atomic E-state index is 0.391. The third-order valence-corrected chi connectivity index (χ3v) is 8.70. The van der Waals surface area contributed by atoms with E-state index in [4.69, 9.17) is 18.7 Å². The maximum Gasteiger partial charge on any atom is 0.495 e. The van der Waals surface area contributed by atoms with Gasteiger partial charge >= 0.3 is 7.12 Å². The Morgan fingerprint density at radius 2 is 1.57 bits per heavy atom. The number of nitrogens with zero attached hydrogens (tertiary/aromatic N) is 1. The molecule has 0 amide bonds. The van der Waals surface area contributed by atoms with Gasteiger partial charge in [-0.2, -0.15) is 0 Å². The molecule has 0 unspecified atom stereocenters. The van der Waals surface area contributed by atoms with E-state index in [1.165, 1.54) is 20.2 Å². The molecule has 3 heterocycles. The fourth-order valence-corrected chi connectivity index (χ4v) is 6.05. The Bertz CT molecular complexity index is 1770. The zero-order valence-electron chi connectivity index (χ0n) is 20.1. The number of benzene rings is 4. The highest BCUT2D eigenvalue weighted by molar-refractivity contribution is 7.26. The highest BCUT2D eigenvalue weighted by atomic mass is 32.1. The SMILES string of the molecule is CC1(C)OB(c2cccc3sc4ccc(-c5nc6ccc7ccccc7c6o5)cc4c23)OC1(C)C. The minimum atomic E-state index is -0.416.